The second kappa shape index (κ2) is 9.41. The van der Waals surface area contributed by atoms with E-state index < -0.39 is 11.7 Å². The van der Waals surface area contributed by atoms with Gasteiger partial charge in [0.05, 0.1) is 23.3 Å². The number of aliphatic hydroxyl groups is 1. The molecule has 4 rings (SSSR count). The lowest BCUT2D eigenvalue weighted by Gasteiger charge is -2.35. The first-order valence-electron chi connectivity index (χ1n) is 11.1. The molecule has 2 aromatic carbocycles. The summed E-state index contributed by atoms with van der Waals surface area (Å²) < 4.78 is 45.8. The standard InChI is InChI=1S/C25H27F3N2O2/c26-25(27,28)24-15-21(4-1-20(24)16-29)30-10-7-19(8-11-30)18-2-5-22(6-3-18)32-23-13-17(14-23)9-12-31/h1-6,15,17,19,23,31H,7-14H2/t17-,23+. The van der Waals surface area contributed by atoms with Crippen LogP contribution in [0.2, 0.25) is 0 Å². The number of hydrogen-bond acceptors (Lipinski definition) is 4. The number of rotatable bonds is 6. The van der Waals surface area contributed by atoms with Crippen molar-refractivity contribution < 1.29 is 23.0 Å². The molecule has 0 spiro atoms. The van der Waals surface area contributed by atoms with E-state index in [2.05, 4.69) is 12.1 Å². The average Bonchev–Trinajstić information content (AvgIpc) is 2.77. The number of halogens is 3. The second-order valence-electron chi connectivity index (χ2n) is 8.76. The molecule has 0 aromatic heterocycles. The monoisotopic (exact) mass is 444 g/mol. The molecular formula is C25H27F3N2O2. The van der Waals surface area contributed by atoms with Gasteiger partial charge in [-0.2, -0.15) is 18.4 Å². The molecule has 170 valence electrons. The van der Waals surface area contributed by atoms with Crippen LogP contribution in [0.1, 0.15) is 54.7 Å². The summed E-state index contributed by atoms with van der Waals surface area (Å²) in [5.74, 6) is 1.78. The summed E-state index contributed by atoms with van der Waals surface area (Å²) in [5, 5.41) is 18.0. The third-order valence-electron chi connectivity index (χ3n) is 6.67. The van der Waals surface area contributed by atoms with Crippen molar-refractivity contribution >= 4 is 5.69 Å². The van der Waals surface area contributed by atoms with Crippen molar-refractivity contribution in [1.82, 2.24) is 0 Å². The highest BCUT2D eigenvalue weighted by atomic mass is 19.4. The van der Waals surface area contributed by atoms with Gasteiger partial charge < -0.3 is 14.7 Å². The van der Waals surface area contributed by atoms with E-state index >= 15 is 0 Å². The Balaban J connectivity index is 1.33. The smallest absolute Gasteiger partial charge is 0.417 e. The van der Waals surface area contributed by atoms with Gasteiger partial charge in [-0.15, -0.1) is 0 Å². The van der Waals surface area contributed by atoms with E-state index in [0.29, 0.717) is 30.6 Å². The van der Waals surface area contributed by atoms with Crippen molar-refractivity contribution in [2.45, 2.75) is 50.3 Å². The van der Waals surface area contributed by atoms with Gasteiger partial charge in [0.1, 0.15) is 5.75 Å². The predicted octanol–water partition coefficient (Wildman–Crippen LogP) is 5.50. The van der Waals surface area contributed by atoms with Gasteiger partial charge in [0.15, 0.2) is 0 Å². The molecule has 1 aliphatic heterocycles. The lowest BCUT2D eigenvalue weighted by molar-refractivity contribution is -0.137. The highest BCUT2D eigenvalue weighted by molar-refractivity contribution is 5.55. The van der Waals surface area contributed by atoms with Crippen LogP contribution in [-0.2, 0) is 6.18 Å². The molecule has 4 nitrogen and oxygen atoms in total. The minimum Gasteiger partial charge on any atom is -0.490 e. The van der Waals surface area contributed by atoms with Crippen molar-refractivity contribution in [3.8, 4) is 11.8 Å². The highest BCUT2D eigenvalue weighted by Gasteiger charge is 2.34. The summed E-state index contributed by atoms with van der Waals surface area (Å²) in [5.41, 5.74) is 0.520. The summed E-state index contributed by atoms with van der Waals surface area (Å²) >= 11 is 0. The predicted molar refractivity (Wildman–Crippen MR) is 116 cm³/mol. The van der Waals surface area contributed by atoms with Gasteiger partial charge in [-0.25, -0.2) is 0 Å². The quantitative estimate of drug-likeness (QED) is 0.639. The number of hydrogen-bond donors (Lipinski definition) is 1. The number of ether oxygens (including phenoxy) is 1. The normalized spacial score (nSPS) is 21.7. The SMILES string of the molecule is N#Cc1ccc(N2CCC(c3ccc(O[C@H]4C[C@@H](CCO)C4)cc3)CC2)cc1C(F)(F)F. The zero-order valence-electron chi connectivity index (χ0n) is 17.8. The van der Waals surface area contributed by atoms with Crippen LogP contribution in [0.25, 0.3) is 0 Å². The van der Waals surface area contributed by atoms with Crippen LogP contribution in [0.3, 0.4) is 0 Å². The maximum absolute atomic E-state index is 13.3. The Morgan fingerprint density at radius 3 is 2.34 bits per heavy atom. The summed E-state index contributed by atoms with van der Waals surface area (Å²) in [6.07, 6.45) is 0.229. The topological polar surface area (TPSA) is 56.5 Å². The number of alkyl halides is 3. The Hall–Kier alpha value is -2.72. The number of aliphatic hydroxyl groups excluding tert-OH is 1. The van der Waals surface area contributed by atoms with E-state index in [1.165, 1.54) is 11.6 Å². The molecule has 2 aliphatic rings. The second-order valence-corrected chi connectivity index (χ2v) is 8.76. The Morgan fingerprint density at radius 1 is 1.06 bits per heavy atom. The van der Waals surface area contributed by atoms with Crippen molar-refractivity contribution in [2.24, 2.45) is 5.92 Å². The van der Waals surface area contributed by atoms with Crippen LogP contribution in [0.5, 0.6) is 5.75 Å². The van der Waals surface area contributed by atoms with Gasteiger partial charge in [0.25, 0.3) is 0 Å². The fraction of sp³-hybridized carbons (Fsp3) is 0.480. The fourth-order valence-electron chi connectivity index (χ4n) is 4.73. The van der Waals surface area contributed by atoms with Gasteiger partial charge >= 0.3 is 6.18 Å². The molecule has 0 unspecified atom stereocenters. The molecule has 0 atom stereocenters. The molecule has 0 amide bonds. The molecule has 2 aromatic rings. The van der Waals surface area contributed by atoms with Gasteiger partial charge in [0, 0.05) is 25.4 Å². The van der Waals surface area contributed by atoms with Crippen LogP contribution in [0.4, 0.5) is 18.9 Å². The summed E-state index contributed by atoms with van der Waals surface area (Å²) in [7, 11) is 0. The van der Waals surface area contributed by atoms with Gasteiger partial charge in [-0.3, -0.25) is 0 Å². The summed E-state index contributed by atoms with van der Waals surface area (Å²) in [6, 6.07) is 13.8. The molecular weight excluding hydrogens is 417 g/mol. The first-order chi connectivity index (χ1) is 15.4. The lowest BCUT2D eigenvalue weighted by Crippen LogP contribution is -2.34. The fourth-order valence-corrected chi connectivity index (χ4v) is 4.73. The summed E-state index contributed by atoms with van der Waals surface area (Å²) in [4.78, 5) is 1.96. The number of nitriles is 1. The Bertz CT molecular complexity index is 955. The molecule has 1 aliphatic carbocycles. The highest BCUT2D eigenvalue weighted by Crippen LogP contribution is 2.37. The Kier molecular flexibility index (Phi) is 6.61. The lowest BCUT2D eigenvalue weighted by atomic mass is 9.80. The van der Waals surface area contributed by atoms with Crippen molar-refractivity contribution in [1.29, 1.82) is 5.26 Å². The van der Waals surface area contributed by atoms with Crippen LogP contribution in [0.15, 0.2) is 42.5 Å². The largest absolute Gasteiger partial charge is 0.490 e. The Morgan fingerprint density at radius 2 is 1.75 bits per heavy atom. The van der Waals surface area contributed by atoms with E-state index in [1.54, 1.807) is 12.1 Å². The molecule has 1 N–H and O–H groups in total. The molecule has 1 saturated heterocycles. The zero-order valence-corrected chi connectivity index (χ0v) is 17.8. The number of anilines is 1. The number of nitrogens with zero attached hydrogens (tertiary/aromatic N) is 2. The molecule has 32 heavy (non-hydrogen) atoms. The van der Waals surface area contributed by atoms with Crippen molar-refractivity contribution in [3.05, 3.63) is 59.2 Å². The van der Waals surface area contributed by atoms with Gasteiger partial charge in [0.2, 0.25) is 0 Å². The number of piperidine rings is 1. The molecule has 2 fully saturated rings. The molecule has 0 radical (unpaired) electrons. The van der Waals surface area contributed by atoms with E-state index in [-0.39, 0.29) is 18.3 Å². The van der Waals surface area contributed by atoms with E-state index in [4.69, 9.17) is 15.1 Å². The van der Waals surface area contributed by atoms with Gasteiger partial charge in [-0.1, -0.05) is 12.1 Å². The Labute approximate surface area is 186 Å². The molecule has 7 heteroatoms. The first-order valence-corrected chi connectivity index (χ1v) is 11.1. The van der Waals surface area contributed by atoms with Crippen molar-refractivity contribution in [2.75, 3.05) is 24.6 Å². The van der Waals surface area contributed by atoms with Crippen molar-refractivity contribution in [3.63, 3.8) is 0 Å². The van der Waals surface area contributed by atoms with Crippen LogP contribution >= 0.6 is 0 Å². The third kappa shape index (κ3) is 5.02. The molecule has 1 saturated carbocycles. The maximum Gasteiger partial charge on any atom is 0.417 e. The number of benzene rings is 2. The maximum atomic E-state index is 13.3. The minimum absolute atomic E-state index is 0.231. The third-order valence-corrected chi connectivity index (χ3v) is 6.67. The zero-order chi connectivity index (χ0) is 22.7. The average molecular weight is 444 g/mol. The van der Waals surface area contributed by atoms with Gasteiger partial charge in [-0.05, 0) is 79.8 Å². The van der Waals surface area contributed by atoms with Crippen LogP contribution in [-0.4, -0.2) is 30.9 Å². The van der Waals surface area contributed by atoms with E-state index in [0.717, 1.165) is 43.9 Å². The summed E-state index contributed by atoms with van der Waals surface area (Å²) in [6.45, 7) is 1.57. The first kappa shape index (κ1) is 22.5. The minimum atomic E-state index is -4.54. The molecule has 1 heterocycles. The van der Waals surface area contributed by atoms with Crippen LogP contribution in [0, 0.1) is 17.2 Å². The molecule has 0 bridgehead atoms. The van der Waals surface area contributed by atoms with E-state index in [1.807, 2.05) is 17.0 Å². The van der Waals surface area contributed by atoms with Crippen LogP contribution < -0.4 is 9.64 Å². The van der Waals surface area contributed by atoms with E-state index in [9.17, 15) is 13.2 Å².